The van der Waals surface area contributed by atoms with Crippen LogP contribution in [0.2, 0.25) is 10.0 Å². The van der Waals surface area contributed by atoms with Crippen molar-refractivity contribution in [2.24, 2.45) is 0 Å². The zero-order chi connectivity index (χ0) is 20.1. The summed E-state index contributed by atoms with van der Waals surface area (Å²) in [7, 11) is 0. The van der Waals surface area contributed by atoms with Crippen LogP contribution in [0, 0.1) is 5.21 Å². The van der Waals surface area contributed by atoms with Crippen LogP contribution in [0.5, 0.6) is 5.75 Å². The average Bonchev–Trinajstić information content (AvgIpc) is 3.21. The van der Waals surface area contributed by atoms with E-state index in [0.717, 1.165) is 4.74 Å². The average molecular weight is 419 g/mol. The van der Waals surface area contributed by atoms with E-state index in [2.05, 4.69) is 10.1 Å². The molecule has 1 heterocycles. The Morgan fingerprint density at radius 3 is 2.64 bits per heavy atom. The van der Waals surface area contributed by atoms with Gasteiger partial charge in [0, 0.05) is 16.1 Å². The lowest BCUT2D eigenvalue weighted by Crippen LogP contribution is -2.26. The number of rotatable bonds is 7. The second-order valence-corrected chi connectivity index (χ2v) is 6.61. The van der Waals surface area contributed by atoms with Crippen molar-refractivity contribution >= 4 is 35.2 Å². The number of aromatic nitrogens is 3. The van der Waals surface area contributed by atoms with E-state index < -0.39 is 12.0 Å². The molecule has 0 N–H and O–H groups in total. The number of carbonyl (C=O) groups is 1. The van der Waals surface area contributed by atoms with Gasteiger partial charge in [-0.05, 0) is 49.4 Å². The lowest BCUT2D eigenvalue weighted by molar-refractivity contribution is -0.447. The van der Waals surface area contributed by atoms with E-state index in [1.165, 1.54) is 35.7 Å². The fourth-order valence-electron chi connectivity index (χ4n) is 2.41. The molecule has 0 aliphatic heterocycles. The molecule has 3 rings (SSSR count). The molecule has 0 amide bonds. The van der Waals surface area contributed by atoms with E-state index in [0.29, 0.717) is 22.9 Å². The minimum absolute atomic E-state index is 0.214. The number of ether oxygens (including phenoxy) is 1. The lowest BCUT2D eigenvalue weighted by atomic mass is 10.1. The summed E-state index contributed by atoms with van der Waals surface area (Å²) >= 11 is 12.1. The summed E-state index contributed by atoms with van der Waals surface area (Å²) in [5.74, 6) is 0.0181. The molecule has 9 heteroatoms. The van der Waals surface area contributed by atoms with E-state index in [4.69, 9.17) is 27.9 Å². The van der Waals surface area contributed by atoms with Crippen LogP contribution in [0.4, 0.5) is 0 Å². The number of hydroxylamine groups is 1. The van der Waals surface area contributed by atoms with E-state index in [1.807, 2.05) is 0 Å². The highest BCUT2D eigenvalue weighted by Crippen LogP contribution is 2.26. The third-order valence-corrected chi connectivity index (χ3v) is 4.38. The summed E-state index contributed by atoms with van der Waals surface area (Å²) in [6.07, 6.45) is 3.05. The molecule has 0 fully saturated rings. The summed E-state index contributed by atoms with van der Waals surface area (Å²) < 4.78 is 7.98. The van der Waals surface area contributed by atoms with Crippen LogP contribution in [0.15, 0.2) is 55.1 Å². The fraction of sp³-hybridized carbons (Fsp3) is 0.158. The first-order valence-electron chi connectivity index (χ1n) is 8.36. The maximum atomic E-state index is 13.0. The molecular formula is C19H16Cl2N4O3. The molecule has 144 valence electrons. The van der Waals surface area contributed by atoms with Gasteiger partial charge < -0.3 is 9.94 Å². The number of benzene rings is 2. The Morgan fingerprint density at radius 1 is 1.29 bits per heavy atom. The number of hydrogen-bond donors (Lipinski definition) is 0. The van der Waals surface area contributed by atoms with E-state index in [-0.39, 0.29) is 10.6 Å². The van der Waals surface area contributed by atoms with Gasteiger partial charge in [-0.25, -0.2) is 14.4 Å². The molecule has 28 heavy (non-hydrogen) atoms. The molecular weight excluding hydrogens is 403 g/mol. The third kappa shape index (κ3) is 4.68. The van der Waals surface area contributed by atoms with Crippen LogP contribution < -0.4 is 4.74 Å². The van der Waals surface area contributed by atoms with Crippen molar-refractivity contribution in [1.29, 1.82) is 0 Å². The second-order valence-electron chi connectivity index (χ2n) is 5.77. The van der Waals surface area contributed by atoms with Crippen molar-refractivity contribution in [3.8, 4) is 5.75 Å². The molecule has 0 unspecified atom stereocenters. The van der Waals surface area contributed by atoms with Crippen molar-refractivity contribution in [3.63, 3.8) is 0 Å². The summed E-state index contributed by atoms with van der Waals surface area (Å²) in [6.45, 7) is 2.11. The SMILES string of the molecule is CC/[N+]([O-])=C/c1ccc(O[C@@H](C(=O)c2ccc(Cl)cc2Cl)n2cncn2)cc1. The molecule has 2 aromatic carbocycles. The highest BCUT2D eigenvalue weighted by atomic mass is 35.5. The predicted octanol–water partition coefficient (Wildman–Crippen LogP) is 3.99. The number of hydrogen-bond acceptors (Lipinski definition) is 5. The van der Waals surface area contributed by atoms with E-state index >= 15 is 0 Å². The van der Waals surface area contributed by atoms with Crippen molar-refractivity contribution in [2.75, 3.05) is 6.54 Å². The van der Waals surface area contributed by atoms with Gasteiger partial charge in [0.25, 0.3) is 6.23 Å². The molecule has 1 aromatic heterocycles. The Balaban J connectivity index is 1.88. The highest BCUT2D eigenvalue weighted by Gasteiger charge is 2.26. The second kappa shape index (κ2) is 8.86. The topological polar surface area (TPSA) is 83.1 Å². The van der Waals surface area contributed by atoms with Crippen molar-refractivity contribution < 1.29 is 14.3 Å². The molecule has 0 aliphatic carbocycles. The molecule has 7 nitrogen and oxygen atoms in total. The van der Waals surface area contributed by atoms with Crippen LogP contribution in [-0.4, -0.2) is 38.0 Å². The quantitative estimate of drug-likeness (QED) is 0.190. The zero-order valence-electron chi connectivity index (χ0n) is 14.8. The van der Waals surface area contributed by atoms with Gasteiger partial charge in [-0.2, -0.15) is 5.10 Å². The summed E-state index contributed by atoms with van der Waals surface area (Å²) in [5.41, 5.74) is 0.968. The fourth-order valence-corrected chi connectivity index (χ4v) is 2.91. The van der Waals surface area contributed by atoms with Gasteiger partial charge in [0.2, 0.25) is 5.78 Å². The van der Waals surface area contributed by atoms with Gasteiger partial charge in [0.15, 0.2) is 12.8 Å². The number of carbonyl (C=O) groups excluding carboxylic acids is 1. The summed E-state index contributed by atoms with van der Waals surface area (Å²) in [5, 5.41) is 16.1. The molecule has 0 bridgehead atoms. The standard InChI is InChI=1S/C19H16Cl2N4O3/c1-2-24(27)10-13-3-6-15(7-4-13)28-19(25-12-22-11-23-25)18(26)16-8-5-14(20)9-17(16)21/h3-12,19H,2H2,1H3/b24-10-/t19-/m0/s1. The largest absolute Gasteiger partial charge is 0.624 e. The number of Topliss-reactive ketones (excluding diaryl/α,β-unsaturated/α-hetero) is 1. The first-order chi connectivity index (χ1) is 13.5. The van der Waals surface area contributed by atoms with Crippen LogP contribution in [0.3, 0.4) is 0 Å². The first kappa shape index (κ1) is 19.9. The van der Waals surface area contributed by atoms with Crippen molar-refractivity contribution in [1.82, 2.24) is 14.8 Å². The maximum absolute atomic E-state index is 13.0. The van der Waals surface area contributed by atoms with Crippen molar-refractivity contribution in [2.45, 2.75) is 13.2 Å². The van der Waals surface area contributed by atoms with Gasteiger partial charge in [0.05, 0.1) is 5.02 Å². The molecule has 0 saturated heterocycles. The van der Waals surface area contributed by atoms with Crippen LogP contribution in [0.25, 0.3) is 0 Å². The summed E-state index contributed by atoms with van der Waals surface area (Å²) in [4.78, 5) is 16.9. The Kier molecular flexibility index (Phi) is 6.28. The molecule has 0 saturated carbocycles. The number of nitrogens with zero attached hydrogens (tertiary/aromatic N) is 4. The zero-order valence-corrected chi connectivity index (χ0v) is 16.3. The molecule has 0 spiro atoms. The molecule has 0 radical (unpaired) electrons. The summed E-state index contributed by atoms with van der Waals surface area (Å²) in [6, 6.07) is 11.4. The van der Waals surface area contributed by atoms with E-state index in [9.17, 15) is 10.0 Å². The van der Waals surface area contributed by atoms with Gasteiger partial charge >= 0.3 is 0 Å². The number of ketones is 1. The van der Waals surface area contributed by atoms with E-state index in [1.54, 1.807) is 37.3 Å². The normalized spacial score (nSPS) is 12.6. The first-order valence-corrected chi connectivity index (χ1v) is 9.12. The number of halogens is 2. The smallest absolute Gasteiger partial charge is 0.256 e. The van der Waals surface area contributed by atoms with Crippen molar-refractivity contribution in [3.05, 3.63) is 81.5 Å². The third-order valence-electron chi connectivity index (χ3n) is 3.83. The Bertz CT molecular complexity index is 989. The Hall–Kier alpha value is -2.90. The minimum atomic E-state index is -1.11. The van der Waals surface area contributed by atoms with Gasteiger partial charge in [-0.15, -0.1) is 0 Å². The molecule has 0 aliphatic rings. The van der Waals surface area contributed by atoms with Crippen LogP contribution in [-0.2, 0) is 0 Å². The van der Waals surface area contributed by atoms with Gasteiger partial charge in [0.1, 0.15) is 18.4 Å². The molecule has 3 aromatic rings. The highest BCUT2D eigenvalue weighted by molar-refractivity contribution is 6.36. The maximum Gasteiger partial charge on any atom is 0.256 e. The Morgan fingerprint density at radius 2 is 2.04 bits per heavy atom. The van der Waals surface area contributed by atoms with Crippen LogP contribution in [0.1, 0.15) is 29.1 Å². The Labute approximate surface area is 171 Å². The minimum Gasteiger partial charge on any atom is -0.624 e. The predicted molar refractivity (Wildman–Crippen MR) is 106 cm³/mol. The lowest BCUT2D eigenvalue weighted by Gasteiger charge is -2.18. The molecule has 1 atom stereocenters. The monoisotopic (exact) mass is 418 g/mol. The van der Waals surface area contributed by atoms with Gasteiger partial charge in [-0.3, -0.25) is 4.79 Å². The van der Waals surface area contributed by atoms with Gasteiger partial charge in [-0.1, -0.05) is 23.2 Å². The van der Waals surface area contributed by atoms with Crippen LogP contribution >= 0.6 is 23.2 Å².